The molecule has 1 aromatic rings. The highest BCUT2D eigenvalue weighted by Gasteiger charge is 2.08. The van der Waals surface area contributed by atoms with Crippen molar-refractivity contribution >= 4 is 15.7 Å². The van der Waals surface area contributed by atoms with E-state index >= 15 is 0 Å². The lowest BCUT2D eigenvalue weighted by atomic mass is 10.3. The predicted octanol–water partition coefficient (Wildman–Crippen LogP) is 0.904. The molecule has 0 fully saturated rings. The molecule has 14 heavy (non-hydrogen) atoms. The number of nitrogens with one attached hydrogen (secondary N) is 1. The summed E-state index contributed by atoms with van der Waals surface area (Å²) in [7, 11) is -1.51. The smallest absolute Gasteiger partial charge is 0.356 e. The van der Waals surface area contributed by atoms with Crippen molar-refractivity contribution in [3.05, 3.63) is 24.0 Å². The number of carbonyl (C=O) groups is 1. The van der Waals surface area contributed by atoms with E-state index in [1.165, 1.54) is 31.7 Å². The third-order valence-corrected chi connectivity index (χ3v) is 2.72. The number of rotatable bonds is 2. The van der Waals surface area contributed by atoms with E-state index in [1.54, 1.807) is 0 Å². The second kappa shape index (κ2) is 3.75. The molecule has 0 bridgehead atoms. The van der Waals surface area contributed by atoms with E-state index in [-0.39, 0.29) is 5.69 Å². The molecule has 0 aliphatic heterocycles. The number of aromatic nitrogens is 1. The molecule has 76 valence electrons. The van der Waals surface area contributed by atoms with Crippen molar-refractivity contribution in [1.82, 2.24) is 4.98 Å². The Bertz CT molecular complexity index is 436. The van der Waals surface area contributed by atoms with E-state index in [0.29, 0.717) is 4.90 Å². The SMILES string of the molecule is COC(=O)c1ccc(S(C)(=N)=O)cn1. The quantitative estimate of drug-likeness (QED) is 0.742. The first kappa shape index (κ1) is 10.6. The van der Waals surface area contributed by atoms with Crippen molar-refractivity contribution in [1.29, 1.82) is 4.78 Å². The Hall–Kier alpha value is -1.43. The van der Waals surface area contributed by atoms with Crippen LogP contribution in [0, 0.1) is 4.78 Å². The highest BCUT2D eigenvalue weighted by atomic mass is 32.2. The summed E-state index contributed by atoms with van der Waals surface area (Å²) >= 11 is 0. The Morgan fingerprint density at radius 2 is 2.21 bits per heavy atom. The lowest BCUT2D eigenvalue weighted by molar-refractivity contribution is 0.0594. The molecule has 1 heterocycles. The van der Waals surface area contributed by atoms with E-state index in [2.05, 4.69) is 9.72 Å². The van der Waals surface area contributed by atoms with Gasteiger partial charge in [0.25, 0.3) is 0 Å². The van der Waals surface area contributed by atoms with E-state index in [1.807, 2.05) is 0 Å². The molecule has 0 saturated heterocycles. The molecule has 1 atom stereocenters. The van der Waals surface area contributed by atoms with Crippen LogP contribution in [0.2, 0.25) is 0 Å². The summed E-state index contributed by atoms with van der Waals surface area (Å²) in [5.74, 6) is -0.552. The molecule has 1 rings (SSSR count). The van der Waals surface area contributed by atoms with Crippen LogP contribution >= 0.6 is 0 Å². The Balaban J connectivity index is 3.07. The number of hydrogen-bond acceptors (Lipinski definition) is 5. The van der Waals surface area contributed by atoms with E-state index < -0.39 is 15.7 Å². The third kappa shape index (κ3) is 2.29. The number of nitrogens with zero attached hydrogens (tertiary/aromatic N) is 1. The zero-order chi connectivity index (χ0) is 10.8. The summed E-state index contributed by atoms with van der Waals surface area (Å²) in [4.78, 5) is 15.0. The Kier molecular flexibility index (Phi) is 2.85. The summed E-state index contributed by atoms with van der Waals surface area (Å²) < 4.78 is 23.0. The highest BCUT2D eigenvalue weighted by Crippen LogP contribution is 2.08. The molecule has 1 unspecified atom stereocenters. The first-order chi connectivity index (χ1) is 6.45. The van der Waals surface area contributed by atoms with Gasteiger partial charge >= 0.3 is 5.97 Å². The van der Waals surface area contributed by atoms with Gasteiger partial charge < -0.3 is 4.74 Å². The molecule has 5 nitrogen and oxygen atoms in total. The second-order valence-corrected chi connectivity index (χ2v) is 4.87. The maximum absolute atomic E-state index is 11.2. The van der Waals surface area contributed by atoms with Crippen LogP contribution in [0.3, 0.4) is 0 Å². The van der Waals surface area contributed by atoms with Crippen molar-refractivity contribution in [3.8, 4) is 0 Å². The molecule has 1 N–H and O–H groups in total. The molecular weight excluding hydrogens is 204 g/mol. The van der Waals surface area contributed by atoms with Gasteiger partial charge in [-0.3, -0.25) is 0 Å². The van der Waals surface area contributed by atoms with Crippen molar-refractivity contribution in [2.75, 3.05) is 13.4 Å². The average molecular weight is 214 g/mol. The maximum Gasteiger partial charge on any atom is 0.356 e. The molecular formula is C8H10N2O3S. The van der Waals surface area contributed by atoms with Crippen LogP contribution in [0.15, 0.2) is 23.2 Å². The van der Waals surface area contributed by atoms with Gasteiger partial charge in [-0.25, -0.2) is 18.8 Å². The van der Waals surface area contributed by atoms with E-state index in [4.69, 9.17) is 4.78 Å². The normalized spacial score (nSPS) is 14.4. The summed E-state index contributed by atoms with van der Waals surface area (Å²) in [5.41, 5.74) is 0.139. The standard InChI is InChI=1S/C8H10N2O3S/c1-13-8(11)7-4-3-6(5-10-7)14(2,9)12/h3-5,9H,1-2H3. The molecule has 6 heteroatoms. The first-order valence-corrected chi connectivity index (χ1v) is 5.70. The molecule has 0 aromatic carbocycles. The van der Waals surface area contributed by atoms with Gasteiger partial charge in [-0.15, -0.1) is 0 Å². The Labute approximate surface area is 82.1 Å². The van der Waals surface area contributed by atoms with Gasteiger partial charge in [0.15, 0.2) is 0 Å². The zero-order valence-corrected chi connectivity index (χ0v) is 8.63. The van der Waals surface area contributed by atoms with Crippen molar-refractivity contribution < 1.29 is 13.7 Å². The zero-order valence-electron chi connectivity index (χ0n) is 7.81. The molecule has 1 aromatic heterocycles. The minimum Gasteiger partial charge on any atom is -0.464 e. The van der Waals surface area contributed by atoms with Gasteiger partial charge in [-0.2, -0.15) is 0 Å². The van der Waals surface area contributed by atoms with Crippen LogP contribution in [0.25, 0.3) is 0 Å². The first-order valence-electron chi connectivity index (χ1n) is 3.73. The van der Waals surface area contributed by atoms with Crippen LogP contribution in [0.4, 0.5) is 0 Å². The predicted molar refractivity (Wildman–Crippen MR) is 50.6 cm³/mol. The van der Waals surface area contributed by atoms with Gasteiger partial charge in [-0.05, 0) is 12.1 Å². The van der Waals surface area contributed by atoms with Crippen LogP contribution in [0.1, 0.15) is 10.5 Å². The molecule has 0 aliphatic carbocycles. The van der Waals surface area contributed by atoms with Crippen molar-refractivity contribution in [2.45, 2.75) is 4.90 Å². The van der Waals surface area contributed by atoms with Gasteiger partial charge in [-0.1, -0.05) is 0 Å². The van der Waals surface area contributed by atoms with Gasteiger partial charge in [0.2, 0.25) is 0 Å². The third-order valence-electron chi connectivity index (χ3n) is 1.58. The molecule has 0 radical (unpaired) electrons. The summed E-state index contributed by atoms with van der Waals surface area (Å²) in [6, 6.07) is 2.83. The number of carbonyl (C=O) groups excluding carboxylic acids is 1. The molecule has 0 amide bonds. The topological polar surface area (TPSA) is 80.1 Å². The van der Waals surface area contributed by atoms with Crippen molar-refractivity contribution in [3.63, 3.8) is 0 Å². The van der Waals surface area contributed by atoms with E-state index in [9.17, 15) is 9.00 Å². The number of pyridine rings is 1. The monoisotopic (exact) mass is 214 g/mol. The molecule has 0 aliphatic rings. The largest absolute Gasteiger partial charge is 0.464 e. The van der Waals surface area contributed by atoms with Gasteiger partial charge in [0.05, 0.1) is 21.7 Å². The Morgan fingerprint density at radius 3 is 2.57 bits per heavy atom. The average Bonchev–Trinajstić information content (AvgIpc) is 2.15. The van der Waals surface area contributed by atoms with Crippen molar-refractivity contribution in [2.24, 2.45) is 0 Å². The number of esters is 1. The van der Waals surface area contributed by atoms with Gasteiger partial charge in [0, 0.05) is 12.5 Å². The lowest BCUT2D eigenvalue weighted by Gasteiger charge is -2.01. The minimum atomic E-state index is -2.77. The van der Waals surface area contributed by atoms with Crippen LogP contribution in [0.5, 0.6) is 0 Å². The Morgan fingerprint density at radius 1 is 1.57 bits per heavy atom. The fourth-order valence-corrected chi connectivity index (χ4v) is 1.42. The molecule has 0 saturated carbocycles. The second-order valence-electron chi connectivity index (χ2n) is 2.71. The minimum absolute atomic E-state index is 0.139. The lowest BCUT2D eigenvalue weighted by Crippen LogP contribution is -2.05. The van der Waals surface area contributed by atoms with E-state index in [0.717, 1.165) is 0 Å². The van der Waals surface area contributed by atoms with Crippen LogP contribution in [-0.2, 0) is 14.5 Å². The highest BCUT2D eigenvalue weighted by molar-refractivity contribution is 7.91. The number of hydrogen-bond donors (Lipinski definition) is 1. The van der Waals surface area contributed by atoms with Crippen LogP contribution < -0.4 is 0 Å². The number of methoxy groups -OCH3 is 1. The fourth-order valence-electron chi connectivity index (χ4n) is 0.836. The number of ether oxygens (including phenoxy) is 1. The summed E-state index contributed by atoms with van der Waals surface area (Å²) in [5, 5.41) is 0. The molecule has 0 spiro atoms. The summed E-state index contributed by atoms with van der Waals surface area (Å²) in [6.07, 6.45) is 2.55. The maximum atomic E-state index is 11.2. The van der Waals surface area contributed by atoms with Gasteiger partial charge in [0.1, 0.15) is 5.69 Å². The fraction of sp³-hybridized carbons (Fsp3) is 0.250. The summed E-state index contributed by atoms with van der Waals surface area (Å²) in [6.45, 7) is 0. The van der Waals surface area contributed by atoms with Crippen LogP contribution in [-0.4, -0.2) is 28.5 Å².